The molecular weight excluding hydrogens is 295 g/mol. The van der Waals surface area contributed by atoms with Crippen LogP contribution in [0.3, 0.4) is 0 Å². The monoisotopic (exact) mass is 306 g/mol. The summed E-state index contributed by atoms with van der Waals surface area (Å²) in [6.07, 6.45) is 2.63. The third-order valence-corrected chi connectivity index (χ3v) is 3.51. The summed E-state index contributed by atoms with van der Waals surface area (Å²) in [6, 6.07) is 0. The number of carboxylic acid groups (broad SMARTS) is 1. The molecule has 1 atom stereocenters. The number of hydrogen-bond acceptors (Lipinski definition) is 2. The average Bonchev–Trinajstić information content (AvgIpc) is 2.43. The van der Waals surface area contributed by atoms with Gasteiger partial charge in [0.1, 0.15) is 3.70 Å². The average molecular weight is 306 g/mol. The quantitative estimate of drug-likeness (QED) is 0.801. The highest BCUT2D eigenvalue weighted by molar-refractivity contribution is 14.1. The Morgan fingerprint density at radius 3 is 3.07 bits per heavy atom. The Hall–Kier alpha value is -0.590. The first kappa shape index (κ1) is 9.95. The molecule has 1 aromatic rings. The van der Waals surface area contributed by atoms with E-state index in [-0.39, 0.29) is 5.92 Å². The van der Waals surface area contributed by atoms with Crippen LogP contribution in [0.15, 0.2) is 0 Å². The van der Waals surface area contributed by atoms with Crippen molar-refractivity contribution >= 4 is 28.6 Å². The van der Waals surface area contributed by atoms with E-state index in [0.29, 0.717) is 0 Å². The second kappa shape index (κ2) is 3.52. The van der Waals surface area contributed by atoms with Crippen LogP contribution in [0.1, 0.15) is 30.0 Å². The van der Waals surface area contributed by atoms with E-state index in [1.165, 1.54) is 0 Å². The number of fused-ring (bicyclic) bond motifs is 1. The summed E-state index contributed by atoms with van der Waals surface area (Å²) in [6.45, 7) is 0. The van der Waals surface area contributed by atoms with Gasteiger partial charge in [0.05, 0.1) is 5.92 Å². The molecule has 0 saturated carbocycles. The maximum atomic E-state index is 11.0. The van der Waals surface area contributed by atoms with E-state index in [2.05, 4.69) is 27.7 Å². The third-order valence-electron chi connectivity index (χ3n) is 2.71. The van der Waals surface area contributed by atoms with E-state index in [0.717, 1.165) is 34.2 Å². The Morgan fingerprint density at radius 2 is 2.43 bits per heavy atom. The summed E-state index contributed by atoms with van der Waals surface area (Å²) in [4.78, 5) is 11.0. The zero-order chi connectivity index (χ0) is 10.3. The van der Waals surface area contributed by atoms with E-state index in [1.807, 2.05) is 11.7 Å². The number of nitrogens with zero attached hydrogens (tertiary/aromatic N) is 2. The maximum Gasteiger partial charge on any atom is 0.311 e. The van der Waals surface area contributed by atoms with Gasteiger partial charge in [0.25, 0.3) is 0 Å². The minimum absolute atomic E-state index is 0.348. The van der Waals surface area contributed by atoms with Gasteiger partial charge in [-0.05, 0) is 41.9 Å². The zero-order valence-electron chi connectivity index (χ0n) is 7.83. The molecule has 1 aliphatic carbocycles. The molecule has 0 saturated heterocycles. The van der Waals surface area contributed by atoms with E-state index in [9.17, 15) is 4.79 Å². The maximum absolute atomic E-state index is 11.0. The Morgan fingerprint density at radius 1 is 1.71 bits per heavy atom. The zero-order valence-corrected chi connectivity index (χ0v) is 9.98. The van der Waals surface area contributed by atoms with Crippen molar-refractivity contribution in [2.75, 3.05) is 0 Å². The van der Waals surface area contributed by atoms with Crippen molar-refractivity contribution in [2.24, 2.45) is 7.05 Å². The summed E-state index contributed by atoms with van der Waals surface area (Å²) in [5, 5.41) is 13.3. The summed E-state index contributed by atoms with van der Waals surface area (Å²) in [7, 11) is 1.88. The van der Waals surface area contributed by atoms with Crippen molar-refractivity contribution in [2.45, 2.75) is 25.2 Å². The lowest BCUT2D eigenvalue weighted by Gasteiger charge is -2.19. The molecule has 0 fully saturated rings. The van der Waals surface area contributed by atoms with Crippen LogP contribution in [-0.2, 0) is 18.3 Å². The molecular formula is C9H11IN2O2. The molecule has 1 heterocycles. The Bertz CT molecular complexity index is 386. The summed E-state index contributed by atoms with van der Waals surface area (Å²) in [5.74, 6) is -1.07. The van der Waals surface area contributed by atoms with E-state index < -0.39 is 5.97 Å². The predicted octanol–water partition coefficient (Wildman–Crippen LogP) is 1.53. The predicted molar refractivity (Wildman–Crippen MR) is 59.2 cm³/mol. The number of carbonyl (C=O) groups is 1. The standard InChI is InChI=1S/C9H11IN2O2/c1-12-6-4-2-3-5(9(13)14)7(6)8(10)11-12/h5H,2-4H2,1H3,(H,13,14). The van der Waals surface area contributed by atoms with Crippen molar-refractivity contribution < 1.29 is 9.90 Å². The fraction of sp³-hybridized carbons (Fsp3) is 0.556. The van der Waals surface area contributed by atoms with Gasteiger partial charge in [0, 0.05) is 18.3 Å². The van der Waals surface area contributed by atoms with Crippen LogP contribution in [0.2, 0.25) is 0 Å². The van der Waals surface area contributed by atoms with Gasteiger partial charge in [-0.25, -0.2) is 0 Å². The first-order chi connectivity index (χ1) is 6.61. The van der Waals surface area contributed by atoms with Crippen molar-refractivity contribution in [3.8, 4) is 0 Å². The summed E-state index contributed by atoms with van der Waals surface area (Å²) < 4.78 is 2.65. The molecule has 5 heteroatoms. The van der Waals surface area contributed by atoms with Crippen molar-refractivity contribution in [3.05, 3.63) is 15.0 Å². The van der Waals surface area contributed by atoms with Crippen LogP contribution >= 0.6 is 22.6 Å². The minimum atomic E-state index is -0.725. The highest BCUT2D eigenvalue weighted by Crippen LogP contribution is 2.34. The first-order valence-corrected chi connectivity index (χ1v) is 5.63. The van der Waals surface area contributed by atoms with Crippen LogP contribution in [0.25, 0.3) is 0 Å². The first-order valence-electron chi connectivity index (χ1n) is 4.55. The Kier molecular flexibility index (Phi) is 2.50. The van der Waals surface area contributed by atoms with Gasteiger partial charge in [0.15, 0.2) is 0 Å². The molecule has 1 unspecified atom stereocenters. The lowest BCUT2D eigenvalue weighted by molar-refractivity contribution is -0.139. The number of hydrogen-bond donors (Lipinski definition) is 1. The molecule has 76 valence electrons. The fourth-order valence-electron chi connectivity index (χ4n) is 2.05. The molecule has 0 spiro atoms. The van der Waals surface area contributed by atoms with Gasteiger partial charge >= 0.3 is 5.97 Å². The molecule has 0 aliphatic heterocycles. The van der Waals surface area contributed by atoms with Crippen LogP contribution < -0.4 is 0 Å². The number of rotatable bonds is 1. The normalized spacial score (nSPS) is 20.6. The van der Waals surface area contributed by atoms with E-state index >= 15 is 0 Å². The number of aryl methyl sites for hydroxylation is 1. The van der Waals surface area contributed by atoms with Crippen LogP contribution in [0, 0.1) is 3.70 Å². The molecule has 1 N–H and O–H groups in total. The summed E-state index contributed by atoms with van der Waals surface area (Å²) >= 11 is 2.12. The lowest BCUT2D eigenvalue weighted by Crippen LogP contribution is -2.18. The number of carboxylic acids is 1. The Balaban J connectivity index is 2.53. The third kappa shape index (κ3) is 1.43. The van der Waals surface area contributed by atoms with Gasteiger partial charge < -0.3 is 5.11 Å². The van der Waals surface area contributed by atoms with Gasteiger partial charge in [-0.1, -0.05) is 0 Å². The van der Waals surface area contributed by atoms with Gasteiger partial charge in [-0.2, -0.15) is 5.10 Å². The second-order valence-electron chi connectivity index (χ2n) is 3.56. The lowest BCUT2D eigenvalue weighted by atomic mass is 9.87. The molecule has 14 heavy (non-hydrogen) atoms. The largest absolute Gasteiger partial charge is 0.481 e. The molecule has 4 nitrogen and oxygen atoms in total. The smallest absolute Gasteiger partial charge is 0.311 e. The van der Waals surface area contributed by atoms with E-state index in [4.69, 9.17) is 5.11 Å². The van der Waals surface area contributed by atoms with Crippen molar-refractivity contribution in [1.29, 1.82) is 0 Å². The van der Waals surface area contributed by atoms with Crippen LogP contribution in [0.5, 0.6) is 0 Å². The Labute approximate surface area is 95.4 Å². The molecule has 0 radical (unpaired) electrons. The molecule has 1 aliphatic rings. The molecule has 2 rings (SSSR count). The van der Waals surface area contributed by atoms with Crippen molar-refractivity contribution in [3.63, 3.8) is 0 Å². The SMILES string of the molecule is Cn1nc(I)c2c1CCCC2C(=O)O. The molecule has 1 aromatic heterocycles. The van der Waals surface area contributed by atoms with Gasteiger partial charge in [0.2, 0.25) is 0 Å². The summed E-state index contributed by atoms with van der Waals surface area (Å²) in [5.41, 5.74) is 2.03. The fourth-order valence-corrected chi connectivity index (χ4v) is 3.06. The van der Waals surface area contributed by atoms with E-state index in [1.54, 1.807) is 0 Å². The highest BCUT2D eigenvalue weighted by Gasteiger charge is 2.31. The number of aromatic nitrogens is 2. The van der Waals surface area contributed by atoms with Gasteiger partial charge in [-0.3, -0.25) is 9.48 Å². The number of aliphatic carboxylic acids is 1. The molecule has 0 bridgehead atoms. The molecule has 0 aromatic carbocycles. The van der Waals surface area contributed by atoms with Crippen LogP contribution in [0.4, 0.5) is 0 Å². The second-order valence-corrected chi connectivity index (χ2v) is 4.58. The number of halogens is 1. The highest BCUT2D eigenvalue weighted by atomic mass is 127. The van der Waals surface area contributed by atoms with Crippen molar-refractivity contribution in [1.82, 2.24) is 9.78 Å². The van der Waals surface area contributed by atoms with Gasteiger partial charge in [-0.15, -0.1) is 0 Å². The topological polar surface area (TPSA) is 55.1 Å². The molecule has 0 amide bonds. The minimum Gasteiger partial charge on any atom is -0.481 e. The van der Waals surface area contributed by atoms with Crippen LogP contribution in [-0.4, -0.2) is 20.9 Å².